The van der Waals surface area contributed by atoms with Crippen molar-refractivity contribution in [1.82, 2.24) is 14.8 Å². The summed E-state index contributed by atoms with van der Waals surface area (Å²) in [5, 5.41) is 8.05. The van der Waals surface area contributed by atoms with Crippen LogP contribution in [0.1, 0.15) is 16.1 Å². The van der Waals surface area contributed by atoms with E-state index in [4.69, 9.17) is 0 Å². The van der Waals surface area contributed by atoms with Crippen LogP contribution >= 0.6 is 15.9 Å². The first-order valence-corrected chi connectivity index (χ1v) is 7.20. The maximum Gasteiger partial charge on any atom is 0.259 e. The van der Waals surface area contributed by atoms with Gasteiger partial charge in [0, 0.05) is 29.3 Å². The molecule has 0 radical (unpaired) electrons. The Labute approximate surface area is 130 Å². The van der Waals surface area contributed by atoms with Gasteiger partial charge in [-0.3, -0.25) is 14.5 Å². The number of amides is 1. The number of hydrogen-bond donors (Lipinski definition) is 1. The molecule has 0 spiro atoms. The van der Waals surface area contributed by atoms with Gasteiger partial charge < -0.3 is 5.32 Å². The molecule has 0 bridgehead atoms. The summed E-state index contributed by atoms with van der Waals surface area (Å²) >= 11 is 3.40. The number of pyridine rings is 1. The maximum atomic E-state index is 12.4. The molecule has 0 fully saturated rings. The van der Waals surface area contributed by atoms with Gasteiger partial charge in [-0.15, -0.1) is 0 Å². The molecule has 0 saturated heterocycles. The summed E-state index contributed by atoms with van der Waals surface area (Å²) in [5.74, 6) is -0.183. The average molecular weight is 345 g/mol. The van der Waals surface area contributed by atoms with Crippen LogP contribution < -0.4 is 5.32 Å². The topological polar surface area (TPSA) is 59.8 Å². The van der Waals surface area contributed by atoms with E-state index in [1.807, 2.05) is 31.2 Å². The van der Waals surface area contributed by atoms with Crippen LogP contribution in [0.25, 0.3) is 10.9 Å². The number of nitrogens with one attached hydrogen (secondary N) is 1. The molecule has 1 N–H and O–H groups in total. The van der Waals surface area contributed by atoms with E-state index in [0.717, 1.165) is 15.4 Å². The molecule has 3 aromatic rings. The molecule has 1 aromatic carbocycles. The molecule has 2 aromatic heterocycles. The van der Waals surface area contributed by atoms with Crippen molar-refractivity contribution in [2.75, 3.05) is 5.32 Å². The van der Waals surface area contributed by atoms with Crippen LogP contribution in [0.3, 0.4) is 0 Å². The second-order valence-corrected chi connectivity index (χ2v) is 5.70. The SMILES string of the molecule is Cc1nn(C)cc1C(=O)Nc1cccc2cc(Br)cnc12. The zero-order valence-electron chi connectivity index (χ0n) is 11.6. The lowest BCUT2D eigenvalue weighted by Gasteiger charge is -2.07. The molecule has 6 heteroatoms. The van der Waals surface area contributed by atoms with E-state index in [9.17, 15) is 4.79 Å². The number of rotatable bonds is 2. The quantitative estimate of drug-likeness (QED) is 0.775. The third kappa shape index (κ3) is 2.67. The molecule has 3 rings (SSSR count). The molecule has 0 unspecified atom stereocenters. The molecule has 2 heterocycles. The number of para-hydroxylation sites is 1. The molecular weight excluding hydrogens is 332 g/mol. The standard InChI is InChI=1S/C15H13BrN4O/c1-9-12(8-20(2)19-9)15(21)18-13-5-3-4-10-6-11(16)7-17-14(10)13/h3-8H,1-2H3,(H,18,21). The Balaban J connectivity index is 1.98. The number of fused-ring (bicyclic) bond motifs is 1. The van der Waals surface area contributed by atoms with Gasteiger partial charge in [0.2, 0.25) is 0 Å². The molecule has 0 saturated carbocycles. The molecule has 0 aliphatic carbocycles. The van der Waals surface area contributed by atoms with Crippen LogP contribution in [0.4, 0.5) is 5.69 Å². The van der Waals surface area contributed by atoms with Gasteiger partial charge in [0.15, 0.2) is 0 Å². The Kier molecular flexibility index (Phi) is 3.47. The van der Waals surface area contributed by atoms with Gasteiger partial charge in [0.1, 0.15) is 0 Å². The largest absolute Gasteiger partial charge is 0.320 e. The Morgan fingerprint density at radius 1 is 1.38 bits per heavy atom. The van der Waals surface area contributed by atoms with Gasteiger partial charge in [-0.1, -0.05) is 12.1 Å². The lowest BCUT2D eigenvalue weighted by molar-refractivity contribution is 0.102. The summed E-state index contributed by atoms with van der Waals surface area (Å²) < 4.78 is 2.53. The van der Waals surface area contributed by atoms with E-state index in [-0.39, 0.29) is 5.91 Å². The Morgan fingerprint density at radius 3 is 2.90 bits per heavy atom. The number of anilines is 1. The van der Waals surface area contributed by atoms with Crippen LogP contribution in [0.5, 0.6) is 0 Å². The third-order valence-electron chi connectivity index (χ3n) is 3.18. The van der Waals surface area contributed by atoms with Crippen molar-refractivity contribution in [1.29, 1.82) is 0 Å². The van der Waals surface area contributed by atoms with E-state index >= 15 is 0 Å². The zero-order chi connectivity index (χ0) is 15.0. The normalized spacial score (nSPS) is 10.8. The number of aryl methyl sites for hydroxylation is 2. The van der Waals surface area contributed by atoms with Crippen molar-refractivity contribution in [3.63, 3.8) is 0 Å². The van der Waals surface area contributed by atoms with Crippen LogP contribution in [0.15, 0.2) is 41.1 Å². The minimum Gasteiger partial charge on any atom is -0.320 e. The smallest absolute Gasteiger partial charge is 0.259 e. The number of carbonyl (C=O) groups is 1. The number of hydrogen-bond acceptors (Lipinski definition) is 3. The molecule has 1 amide bonds. The van der Waals surface area contributed by atoms with Crippen molar-refractivity contribution in [3.8, 4) is 0 Å². The van der Waals surface area contributed by atoms with Crippen LogP contribution in [-0.4, -0.2) is 20.7 Å². The molecule has 0 aliphatic heterocycles. The highest BCUT2D eigenvalue weighted by Crippen LogP contribution is 2.24. The fourth-order valence-electron chi connectivity index (χ4n) is 2.25. The minimum atomic E-state index is -0.183. The van der Waals surface area contributed by atoms with Crippen molar-refractivity contribution in [2.24, 2.45) is 7.05 Å². The average Bonchev–Trinajstić information content (AvgIpc) is 2.77. The highest BCUT2D eigenvalue weighted by Gasteiger charge is 2.14. The van der Waals surface area contributed by atoms with E-state index < -0.39 is 0 Å². The summed E-state index contributed by atoms with van der Waals surface area (Å²) in [5.41, 5.74) is 2.71. The first kappa shape index (κ1) is 13.8. The predicted molar refractivity (Wildman–Crippen MR) is 85.3 cm³/mol. The Bertz CT molecular complexity index is 841. The van der Waals surface area contributed by atoms with Crippen molar-refractivity contribution < 1.29 is 4.79 Å². The fourth-order valence-corrected chi connectivity index (χ4v) is 2.60. The number of nitrogens with zero attached hydrogens (tertiary/aromatic N) is 3. The highest BCUT2D eigenvalue weighted by atomic mass is 79.9. The molecule has 5 nitrogen and oxygen atoms in total. The summed E-state index contributed by atoms with van der Waals surface area (Å²) in [4.78, 5) is 16.7. The molecule has 0 atom stereocenters. The first-order valence-electron chi connectivity index (χ1n) is 6.40. The first-order chi connectivity index (χ1) is 10.0. The summed E-state index contributed by atoms with van der Waals surface area (Å²) in [6.07, 6.45) is 3.42. The fraction of sp³-hybridized carbons (Fsp3) is 0.133. The minimum absolute atomic E-state index is 0.183. The van der Waals surface area contributed by atoms with Crippen molar-refractivity contribution in [2.45, 2.75) is 6.92 Å². The second-order valence-electron chi connectivity index (χ2n) is 4.79. The maximum absolute atomic E-state index is 12.4. The Morgan fingerprint density at radius 2 is 2.19 bits per heavy atom. The van der Waals surface area contributed by atoms with Gasteiger partial charge >= 0.3 is 0 Å². The highest BCUT2D eigenvalue weighted by molar-refractivity contribution is 9.10. The lowest BCUT2D eigenvalue weighted by Crippen LogP contribution is -2.12. The monoisotopic (exact) mass is 344 g/mol. The molecule has 106 valence electrons. The van der Waals surface area contributed by atoms with Crippen LogP contribution in [-0.2, 0) is 7.05 Å². The van der Waals surface area contributed by atoms with Gasteiger partial charge in [-0.05, 0) is 35.0 Å². The number of benzene rings is 1. The molecule has 21 heavy (non-hydrogen) atoms. The van der Waals surface area contributed by atoms with E-state index in [1.165, 1.54) is 0 Å². The summed E-state index contributed by atoms with van der Waals surface area (Å²) in [7, 11) is 1.79. The zero-order valence-corrected chi connectivity index (χ0v) is 13.2. The van der Waals surface area contributed by atoms with Crippen molar-refractivity contribution in [3.05, 3.63) is 52.4 Å². The van der Waals surface area contributed by atoms with Gasteiger partial charge in [-0.25, -0.2) is 0 Å². The Hall–Kier alpha value is -2.21. The van der Waals surface area contributed by atoms with E-state index in [0.29, 0.717) is 16.9 Å². The van der Waals surface area contributed by atoms with E-state index in [1.54, 1.807) is 24.1 Å². The van der Waals surface area contributed by atoms with Gasteiger partial charge in [-0.2, -0.15) is 5.10 Å². The van der Waals surface area contributed by atoms with Crippen LogP contribution in [0, 0.1) is 6.92 Å². The summed E-state index contributed by atoms with van der Waals surface area (Å²) in [6, 6.07) is 7.65. The second kappa shape index (κ2) is 5.29. The van der Waals surface area contributed by atoms with E-state index in [2.05, 4.69) is 31.3 Å². The molecule has 0 aliphatic rings. The van der Waals surface area contributed by atoms with Gasteiger partial charge in [0.25, 0.3) is 5.91 Å². The van der Waals surface area contributed by atoms with Crippen LogP contribution in [0.2, 0.25) is 0 Å². The third-order valence-corrected chi connectivity index (χ3v) is 3.62. The lowest BCUT2D eigenvalue weighted by atomic mass is 10.2. The van der Waals surface area contributed by atoms with Gasteiger partial charge in [0.05, 0.1) is 22.5 Å². The molecular formula is C15H13BrN4O. The van der Waals surface area contributed by atoms with Crippen molar-refractivity contribution >= 4 is 38.4 Å². The number of halogens is 1. The number of carbonyl (C=O) groups excluding carboxylic acids is 1. The number of aromatic nitrogens is 3. The summed E-state index contributed by atoms with van der Waals surface area (Å²) in [6.45, 7) is 1.81. The predicted octanol–water partition coefficient (Wildman–Crippen LogP) is 3.29.